The number of carbonyl (C=O) groups excluding carboxylic acids is 1. The van der Waals surface area contributed by atoms with Crippen molar-refractivity contribution in [2.24, 2.45) is 0 Å². The minimum Gasteiger partial charge on any atom is -0.488 e. The molecule has 0 aromatic heterocycles. The predicted molar refractivity (Wildman–Crippen MR) is 105 cm³/mol. The number of halogens is 1. The van der Waals surface area contributed by atoms with Gasteiger partial charge in [-0.15, -0.1) is 0 Å². The Balaban J connectivity index is 1.78. The second kappa shape index (κ2) is 8.32. The molecule has 1 heterocycles. The lowest BCUT2D eigenvalue weighted by atomic mass is 10.1. The number of rotatable bonds is 6. The number of hydrogen-bond donors (Lipinski definition) is 1. The van der Waals surface area contributed by atoms with E-state index in [-0.39, 0.29) is 16.7 Å². The molecule has 138 valence electrons. The van der Waals surface area contributed by atoms with Crippen LogP contribution >= 0.6 is 24.0 Å². The fourth-order valence-corrected chi connectivity index (χ4v) is 3.63. The number of thiocarbonyl (C=S) groups is 1. The molecule has 27 heavy (non-hydrogen) atoms. The predicted octanol–water partition coefficient (Wildman–Crippen LogP) is 3.69. The molecular formula is C19H14FNO4S2. The Labute approximate surface area is 164 Å². The first-order valence-electron chi connectivity index (χ1n) is 7.87. The van der Waals surface area contributed by atoms with E-state index in [0.29, 0.717) is 16.2 Å². The standard InChI is InChI=1S/C19H14FNO4S2/c20-14-7-5-12(6-8-14)11-25-15-4-2-1-3-13(15)9-16-18(24)21(10-17(22)23)19(26)27-16/h1-9H,10-11H2,(H,22,23). The molecule has 1 saturated heterocycles. The van der Waals surface area contributed by atoms with Crippen LogP contribution in [0.2, 0.25) is 0 Å². The number of para-hydroxylation sites is 1. The zero-order chi connectivity index (χ0) is 19.4. The van der Waals surface area contributed by atoms with Crippen LogP contribution in [-0.4, -0.2) is 32.7 Å². The second-order valence-electron chi connectivity index (χ2n) is 5.61. The average molecular weight is 403 g/mol. The van der Waals surface area contributed by atoms with Crippen molar-refractivity contribution in [2.75, 3.05) is 6.54 Å². The van der Waals surface area contributed by atoms with Crippen molar-refractivity contribution in [1.29, 1.82) is 0 Å². The maximum absolute atomic E-state index is 13.0. The zero-order valence-electron chi connectivity index (χ0n) is 13.9. The van der Waals surface area contributed by atoms with Gasteiger partial charge in [-0.1, -0.05) is 54.3 Å². The molecule has 3 rings (SSSR count). The molecule has 5 nitrogen and oxygen atoms in total. The normalized spacial score (nSPS) is 15.4. The zero-order valence-corrected chi connectivity index (χ0v) is 15.6. The van der Waals surface area contributed by atoms with E-state index in [1.165, 1.54) is 12.1 Å². The fraction of sp³-hybridized carbons (Fsp3) is 0.105. The summed E-state index contributed by atoms with van der Waals surface area (Å²) in [7, 11) is 0. The van der Waals surface area contributed by atoms with E-state index >= 15 is 0 Å². The molecule has 0 saturated carbocycles. The largest absolute Gasteiger partial charge is 0.488 e. The van der Waals surface area contributed by atoms with Crippen LogP contribution in [0.15, 0.2) is 53.4 Å². The number of carboxylic acids is 1. The highest BCUT2D eigenvalue weighted by Gasteiger charge is 2.33. The van der Waals surface area contributed by atoms with E-state index in [2.05, 4.69) is 0 Å². The highest BCUT2D eigenvalue weighted by Crippen LogP contribution is 2.34. The van der Waals surface area contributed by atoms with Crippen LogP contribution in [0.5, 0.6) is 5.75 Å². The molecule has 1 fully saturated rings. The third kappa shape index (κ3) is 4.72. The molecule has 0 aliphatic carbocycles. The number of thioether (sulfide) groups is 1. The van der Waals surface area contributed by atoms with Crippen LogP contribution in [-0.2, 0) is 16.2 Å². The minimum atomic E-state index is -1.13. The maximum Gasteiger partial charge on any atom is 0.323 e. The molecule has 0 atom stereocenters. The SMILES string of the molecule is O=C(O)CN1C(=O)C(=Cc2ccccc2OCc2ccc(F)cc2)SC1=S. The summed E-state index contributed by atoms with van der Waals surface area (Å²) in [6.07, 6.45) is 1.63. The fourth-order valence-electron chi connectivity index (χ4n) is 2.39. The van der Waals surface area contributed by atoms with Gasteiger partial charge in [0.25, 0.3) is 5.91 Å². The van der Waals surface area contributed by atoms with Gasteiger partial charge in [-0.3, -0.25) is 14.5 Å². The highest BCUT2D eigenvalue weighted by molar-refractivity contribution is 8.26. The highest BCUT2D eigenvalue weighted by atomic mass is 32.2. The maximum atomic E-state index is 13.0. The van der Waals surface area contributed by atoms with Gasteiger partial charge in [-0.2, -0.15) is 0 Å². The number of amides is 1. The lowest BCUT2D eigenvalue weighted by Crippen LogP contribution is -2.33. The van der Waals surface area contributed by atoms with Gasteiger partial charge in [0.05, 0.1) is 4.91 Å². The molecular weight excluding hydrogens is 389 g/mol. The third-order valence-corrected chi connectivity index (χ3v) is 5.06. The average Bonchev–Trinajstić information content (AvgIpc) is 2.89. The number of aliphatic carboxylic acids is 1. The molecule has 1 N–H and O–H groups in total. The van der Waals surface area contributed by atoms with Crippen molar-refractivity contribution in [3.8, 4) is 5.75 Å². The Bertz CT molecular complexity index is 928. The Morgan fingerprint density at radius 2 is 1.93 bits per heavy atom. The van der Waals surface area contributed by atoms with Crippen molar-refractivity contribution in [3.63, 3.8) is 0 Å². The first-order valence-corrected chi connectivity index (χ1v) is 9.10. The van der Waals surface area contributed by atoms with E-state index in [0.717, 1.165) is 22.2 Å². The first-order chi connectivity index (χ1) is 12.9. The van der Waals surface area contributed by atoms with Gasteiger partial charge >= 0.3 is 5.97 Å². The summed E-state index contributed by atoms with van der Waals surface area (Å²) in [5.74, 6) is -1.34. The topological polar surface area (TPSA) is 66.8 Å². The summed E-state index contributed by atoms with van der Waals surface area (Å²) in [5, 5.41) is 8.90. The molecule has 2 aromatic rings. The quantitative estimate of drug-likeness (QED) is 0.586. The molecule has 0 bridgehead atoms. The van der Waals surface area contributed by atoms with Crippen LogP contribution in [0.25, 0.3) is 6.08 Å². The molecule has 2 aromatic carbocycles. The molecule has 0 spiro atoms. The van der Waals surface area contributed by atoms with Gasteiger partial charge in [0.15, 0.2) is 0 Å². The van der Waals surface area contributed by atoms with Crippen molar-refractivity contribution in [2.45, 2.75) is 6.61 Å². The van der Waals surface area contributed by atoms with Gasteiger partial charge in [0, 0.05) is 5.56 Å². The summed E-state index contributed by atoms with van der Waals surface area (Å²) < 4.78 is 19.0. The lowest BCUT2D eigenvalue weighted by Gasteiger charge is -2.11. The van der Waals surface area contributed by atoms with Crippen LogP contribution in [0.3, 0.4) is 0 Å². The lowest BCUT2D eigenvalue weighted by molar-refractivity contribution is -0.140. The van der Waals surface area contributed by atoms with E-state index in [4.69, 9.17) is 22.1 Å². The van der Waals surface area contributed by atoms with E-state index in [1.54, 1.807) is 42.5 Å². The van der Waals surface area contributed by atoms with Crippen LogP contribution in [0.4, 0.5) is 4.39 Å². The number of carbonyl (C=O) groups is 2. The van der Waals surface area contributed by atoms with Crippen molar-refractivity contribution in [1.82, 2.24) is 4.90 Å². The first kappa shape index (κ1) is 19.1. The Hall–Kier alpha value is -2.71. The van der Waals surface area contributed by atoms with E-state index in [1.807, 2.05) is 0 Å². The van der Waals surface area contributed by atoms with Crippen LogP contribution in [0, 0.1) is 5.82 Å². The van der Waals surface area contributed by atoms with E-state index in [9.17, 15) is 14.0 Å². The minimum absolute atomic E-state index is 0.207. The van der Waals surface area contributed by atoms with Gasteiger partial charge in [-0.05, 0) is 29.8 Å². The van der Waals surface area contributed by atoms with Crippen LogP contribution in [0.1, 0.15) is 11.1 Å². The number of nitrogens with zero attached hydrogens (tertiary/aromatic N) is 1. The molecule has 1 aliphatic heterocycles. The third-order valence-electron chi connectivity index (χ3n) is 3.68. The van der Waals surface area contributed by atoms with Crippen molar-refractivity contribution < 1.29 is 23.8 Å². The molecule has 8 heteroatoms. The monoisotopic (exact) mass is 403 g/mol. The van der Waals surface area contributed by atoms with Crippen molar-refractivity contribution >= 4 is 46.3 Å². The summed E-state index contributed by atoms with van der Waals surface area (Å²) >= 11 is 6.14. The summed E-state index contributed by atoms with van der Waals surface area (Å²) in [6, 6.07) is 13.1. The Kier molecular flexibility index (Phi) is 5.88. The van der Waals surface area contributed by atoms with Gasteiger partial charge in [0.1, 0.15) is 29.0 Å². The van der Waals surface area contributed by atoms with Gasteiger partial charge in [-0.25, -0.2) is 4.39 Å². The number of ether oxygens (including phenoxy) is 1. The molecule has 1 aliphatic rings. The Morgan fingerprint density at radius 3 is 2.63 bits per heavy atom. The van der Waals surface area contributed by atoms with Crippen molar-refractivity contribution in [3.05, 3.63) is 70.4 Å². The molecule has 0 radical (unpaired) electrons. The number of carboxylic acid groups (broad SMARTS) is 1. The van der Waals surface area contributed by atoms with Gasteiger partial charge in [0.2, 0.25) is 0 Å². The van der Waals surface area contributed by atoms with Gasteiger partial charge < -0.3 is 9.84 Å². The van der Waals surface area contributed by atoms with E-state index < -0.39 is 18.4 Å². The van der Waals surface area contributed by atoms with Crippen LogP contribution < -0.4 is 4.74 Å². The molecule has 0 unspecified atom stereocenters. The molecule has 1 amide bonds. The summed E-state index contributed by atoms with van der Waals surface area (Å²) in [5.41, 5.74) is 1.47. The summed E-state index contributed by atoms with van der Waals surface area (Å²) in [6.45, 7) is -0.226. The smallest absolute Gasteiger partial charge is 0.323 e. The number of benzene rings is 2. The second-order valence-corrected chi connectivity index (χ2v) is 7.29. The summed E-state index contributed by atoms with van der Waals surface area (Å²) in [4.78, 5) is 24.7. The Morgan fingerprint density at radius 1 is 1.22 bits per heavy atom. The number of hydrogen-bond acceptors (Lipinski definition) is 5.